The zero-order chi connectivity index (χ0) is 20.3. The van der Waals surface area contributed by atoms with Crippen LogP contribution in [0.15, 0.2) is 30.3 Å². The molecule has 1 aliphatic heterocycles. The van der Waals surface area contributed by atoms with Crippen LogP contribution >= 0.6 is 0 Å². The van der Waals surface area contributed by atoms with Gasteiger partial charge in [0.1, 0.15) is 24.7 Å². The Balaban J connectivity index is 1.75. The second kappa shape index (κ2) is 8.00. The van der Waals surface area contributed by atoms with E-state index in [0.717, 1.165) is 22.6 Å². The van der Waals surface area contributed by atoms with Gasteiger partial charge in [0.25, 0.3) is 5.91 Å². The van der Waals surface area contributed by atoms with E-state index in [0.29, 0.717) is 36.8 Å². The van der Waals surface area contributed by atoms with Crippen LogP contribution in [0, 0.1) is 6.92 Å². The van der Waals surface area contributed by atoms with E-state index in [9.17, 15) is 4.79 Å². The van der Waals surface area contributed by atoms with Gasteiger partial charge in [0, 0.05) is 23.1 Å². The van der Waals surface area contributed by atoms with Gasteiger partial charge < -0.3 is 24.3 Å². The summed E-state index contributed by atoms with van der Waals surface area (Å²) in [4.78, 5) is 12.7. The minimum Gasteiger partial charge on any atom is -0.496 e. The van der Waals surface area contributed by atoms with Gasteiger partial charge >= 0.3 is 0 Å². The van der Waals surface area contributed by atoms with Gasteiger partial charge in [-0.1, -0.05) is 19.9 Å². The van der Waals surface area contributed by atoms with Crippen molar-refractivity contribution in [3.05, 3.63) is 47.0 Å². The molecule has 1 N–H and O–H groups in total. The number of fused-ring (bicyclic) bond motifs is 1. The summed E-state index contributed by atoms with van der Waals surface area (Å²) in [6.45, 7) is 7.62. The topological polar surface area (TPSA) is 66.0 Å². The summed E-state index contributed by atoms with van der Waals surface area (Å²) >= 11 is 0. The summed E-state index contributed by atoms with van der Waals surface area (Å²) in [6, 6.07) is 9.37. The number of carbonyl (C=O) groups excluding carboxylic acids is 1. The van der Waals surface area contributed by atoms with E-state index in [1.165, 1.54) is 0 Å². The molecule has 0 saturated carbocycles. The summed E-state index contributed by atoms with van der Waals surface area (Å²) in [5.74, 6) is 2.57. The number of hydrogen-bond donors (Lipinski definition) is 1. The van der Waals surface area contributed by atoms with Crippen LogP contribution in [-0.2, 0) is 5.41 Å². The number of nitrogens with one attached hydrogen (secondary N) is 1. The molecule has 0 radical (unpaired) electrons. The number of hydrogen-bond acceptors (Lipinski definition) is 5. The standard InChI is InChI=1S/C22H27NO5/c1-14-18(25-4)10-15(11-19(14)26-5)21(24)23-13-22(2,3)16-6-7-17-20(12-16)28-9-8-27-17/h6-7,10-12H,8-9,13H2,1-5H3,(H,23,24). The first-order valence-corrected chi connectivity index (χ1v) is 9.26. The van der Waals surface area contributed by atoms with E-state index >= 15 is 0 Å². The lowest BCUT2D eigenvalue weighted by Crippen LogP contribution is -2.36. The molecule has 0 saturated heterocycles. The maximum absolute atomic E-state index is 12.7. The van der Waals surface area contributed by atoms with E-state index in [-0.39, 0.29) is 11.3 Å². The molecule has 28 heavy (non-hydrogen) atoms. The Hall–Kier alpha value is -2.89. The first-order chi connectivity index (χ1) is 13.4. The predicted octanol–water partition coefficient (Wildman–Crippen LogP) is 3.49. The van der Waals surface area contributed by atoms with E-state index in [1.807, 2.05) is 25.1 Å². The van der Waals surface area contributed by atoms with Crippen molar-refractivity contribution in [3.8, 4) is 23.0 Å². The average Bonchev–Trinajstić information content (AvgIpc) is 2.71. The molecule has 0 atom stereocenters. The van der Waals surface area contributed by atoms with Gasteiger partial charge in [-0.15, -0.1) is 0 Å². The molecule has 1 amide bonds. The molecule has 6 heteroatoms. The van der Waals surface area contributed by atoms with Crippen molar-refractivity contribution in [2.24, 2.45) is 0 Å². The van der Waals surface area contributed by atoms with Crippen LogP contribution in [0.1, 0.15) is 35.3 Å². The van der Waals surface area contributed by atoms with Crippen molar-refractivity contribution in [2.75, 3.05) is 34.0 Å². The lowest BCUT2D eigenvalue weighted by molar-refractivity contribution is 0.0945. The monoisotopic (exact) mass is 385 g/mol. The molecule has 150 valence electrons. The van der Waals surface area contributed by atoms with Crippen molar-refractivity contribution < 1.29 is 23.7 Å². The molecule has 0 aromatic heterocycles. The zero-order valence-electron chi connectivity index (χ0n) is 17.0. The molecule has 2 aromatic rings. The van der Waals surface area contributed by atoms with Crippen molar-refractivity contribution in [1.82, 2.24) is 5.32 Å². The Morgan fingerprint density at radius 3 is 2.25 bits per heavy atom. The van der Waals surface area contributed by atoms with Crippen LogP contribution in [0.5, 0.6) is 23.0 Å². The Labute approximate surface area is 165 Å². The minimum absolute atomic E-state index is 0.179. The normalized spacial score (nSPS) is 13.0. The third-order valence-electron chi connectivity index (χ3n) is 5.03. The molecule has 3 rings (SSSR count). The Morgan fingerprint density at radius 1 is 1.04 bits per heavy atom. The van der Waals surface area contributed by atoms with Gasteiger partial charge in [-0.2, -0.15) is 0 Å². The van der Waals surface area contributed by atoms with Gasteiger partial charge in [0.15, 0.2) is 11.5 Å². The van der Waals surface area contributed by atoms with E-state index in [2.05, 4.69) is 19.2 Å². The number of amides is 1. The molecular formula is C22H27NO5. The second-order valence-electron chi connectivity index (χ2n) is 7.43. The summed E-state index contributed by atoms with van der Waals surface area (Å²) in [7, 11) is 3.16. The summed E-state index contributed by atoms with van der Waals surface area (Å²) in [5, 5.41) is 3.02. The largest absolute Gasteiger partial charge is 0.496 e. The molecule has 2 aromatic carbocycles. The molecule has 0 spiro atoms. The van der Waals surface area contributed by atoms with Gasteiger partial charge in [-0.25, -0.2) is 0 Å². The maximum atomic E-state index is 12.7. The molecule has 6 nitrogen and oxygen atoms in total. The van der Waals surface area contributed by atoms with E-state index in [4.69, 9.17) is 18.9 Å². The van der Waals surface area contributed by atoms with Crippen molar-refractivity contribution in [1.29, 1.82) is 0 Å². The summed E-state index contributed by atoms with van der Waals surface area (Å²) in [5.41, 5.74) is 2.14. The highest BCUT2D eigenvalue weighted by Crippen LogP contribution is 2.35. The summed E-state index contributed by atoms with van der Waals surface area (Å²) in [6.07, 6.45) is 0. The first-order valence-electron chi connectivity index (χ1n) is 9.26. The highest BCUT2D eigenvalue weighted by atomic mass is 16.6. The Kier molecular flexibility index (Phi) is 5.68. The molecular weight excluding hydrogens is 358 g/mol. The lowest BCUT2D eigenvalue weighted by atomic mass is 9.84. The highest BCUT2D eigenvalue weighted by molar-refractivity contribution is 5.95. The number of carbonyl (C=O) groups is 1. The van der Waals surface area contributed by atoms with Gasteiger partial charge in [0.2, 0.25) is 0 Å². The number of ether oxygens (including phenoxy) is 4. The van der Waals surface area contributed by atoms with Crippen LogP contribution in [0.4, 0.5) is 0 Å². The Bertz CT molecular complexity index is 850. The maximum Gasteiger partial charge on any atom is 0.251 e. The second-order valence-corrected chi connectivity index (χ2v) is 7.43. The molecule has 0 bridgehead atoms. The fraction of sp³-hybridized carbons (Fsp3) is 0.409. The predicted molar refractivity (Wildman–Crippen MR) is 107 cm³/mol. The fourth-order valence-corrected chi connectivity index (χ4v) is 3.19. The highest BCUT2D eigenvalue weighted by Gasteiger charge is 2.25. The third kappa shape index (κ3) is 4.01. The SMILES string of the molecule is COc1cc(C(=O)NCC(C)(C)c2ccc3c(c2)OCCO3)cc(OC)c1C. The number of benzene rings is 2. The number of rotatable bonds is 6. The molecule has 1 heterocycles. The van der Waals surface area contributed by atoms with Crippen molar-refractivity contribution >= 4 is 5.91 Å². The van der Waals surface area contributed by atoms with Crippen LogP contribution in [0.3, 0.4) is 0 Å². The average molecular weight is 385 g/mol. The third-order valence-corrected chi connectivity index (χ3v) is 5.03. The van der Waals surface area contributed by atoms with E-state index < -0.39 is 0 Å². The van der Waals surface area contributed by atoms with Crippen molar-refractivity contribution in [2.45, 2.75) is 26.2 Å². The van der Waals surface area contributed by atoms with Crippen LogP contribution in [-0.4, -0.2) is 39.9 Å². The molecule has 0 unspecified atom stereocenters. The Morgan fingerprint density at radius 2 is 1.64 bits per heavy atom. The number of methoxy groups -OCH3 is 2. The molecule has 0 fully saturated rings. The zero-order valence-corrected chi connectivity index (χ0v) is 17.0. The van der Waals surface area contributed by atoms with Gasteiger partial charge in [-0.05, 0) is 36.8 Å². The van der Waals surface area contributed by atoms with Gasteiger partial charge in [0.05, 0.1) is 14.2 Å². The quantitative estimate of drug-likeness (QED) is 0.825. The minimum atomic E-state index is -0.287. The van der Waals surface area contributed by atoms with Crippen LogP contribution < -0.4 is 24.3 Å². The molecule has 1 aliphatic rings. The van der Waals surface area contributed by atoms with Crippen LogP contribution in [0.2, 0.25) is 0 Å². The van der Waals surface area contributed by atoms with E-state index in [1.54, 1.807) is 26.4 Å². The smallest absolute Gasteiger partial charge is 0.251 e. The summed E-state index contributed by atoms with van der Waals surface area (Å²) < 4.78 is 22.0. The molecule has 0 aliphatic carbocycles. The van der Waals surface area contributed by atoms with Crippen molar-refractivity contribution in [3.63, 3.8) is 0 Å². The fourth-order valence-electron chi connectivity index (χ4n) is 3.19. The first kappa shape index (κ1) is 19.9. The lowest BCUT2D eigenvalue weighted by Gasteiger charge is -2.28. The van der Waals surface area contributed by atoms with Gasteiger partial charge in [-0.3, -0.25) is 4.79 Å². The van der Waals surface area contributed by atoms with Crippen LogP contribution in [0.25, 0.3) is 0 Å².